The first-order chi connectivity index (χ1) is 12.0. The van der Waals surface area contributed by atoms with Gasteiger partial charge in [-0.25, -0.2) is 4.39 Å². The minimum Gasteiger partial charge on any atom is -0.357 e. The molecule has 0 radical (unpaired) electrons. The molecule has 0 atom stereocenters. The van der Waals surface area contributed by atoms with Crippen molar-refractivity contribution in [3.05, 3.63) is 71.3 Å². The highest BCUT2D eigenvalue weighted by Crippen LogP contribution is 2.26. The highest BCUT2D eigenvalue weighted by atomic mass is 19.1. The number of allylic oxidation sites excluding steroid dienone is 2. The molecule has 4 heteroatoms. The lowest BCUT2D eigenvalue weighted by Gasteiger charge is -2.05. The summed E-state index contributed by atoms with van der Waals surface area (Å²) in [6.07, 6.45) is 5.10. The van der Waals surface area contributed by atoms with Crippen molar-refractivity contribution in [1.29, 1.82) is 0 Å². The van der Waals surface area contributed by atoms with Crippen LogP contribution in [0.4, 0.5) is 4.39 Å². The summed E-state index contributed by atoms with van der Waals surface area (Å²) in [5.74, 6) is -0.315. The number of hydrogen-bond acceptors (Lipinski definition) is 2. The second kappa shape index (κ2) is 8.38. The van der Waals surface area contributed by atoms with Gasteiger partial charge in [0.25, 0.3) is 0 Å². The maximum absolute atomic E-state index is 14.0. The molecule has 0 spiro atoms. The van der Waals surface area contributed by atoms with Crippen LogP contribution in [0, 0.1) is 5.82 Å². The van der Waals surface area contributed by atoms with Crippen LogP contribution < -0.4 is 0 Å². The molecule has 2 aromatic rings. The van der Waals surface area contributed by atoms with Crippen molar-refractivity contribution in [2.45, 2.75) is 33.6 Å². The Kier molecular flexibility index (Phi) is 6.23. The SMILES string of the molecule is C=C(/C=C(\N=CC)c1cc(C(C)=O)c(CCC)[nH]1)c1ccccc1F. The number of carbonyl (C=O) groups is 1. The number of halogens is 1. The first kappa shape index (κ1) is 18.6. The van der Waals surface area contributed by atoms with Gasteiger partial charge in [-0.2, -0.15) is 0 Å². The van der Waals surface area contributed by atoms with E-state index in [2.05, 4.69) is 23.5 Å². The summed E-state index contributed by atoms with van der Waals surface area (Å²) in [6.45, 7) is 9.38. The van der Waals surface area contributed by atoms with Crippen LogP contribution in [0.25, 0.3) is 11.3 Å². The quantitative estimate of drug-likeness (QED) is 0.407. The summed E-state index contributed by atoms with van der Waals surface area (Å²) < 4.78 is 14.0. The van der Waals surface area contributed by atoms with Gasteiger partial charge in [0.05, 0.1) is 11.4 Å². The zero-order valence-corrected chi connectivity index (χ0v) is 14.9. The van der Waals surface area contributed by atoms with Gasteiger partial charge in [-0.3, -0.25) is 9.79 Å². The Morgan fingerprint density at radius 1 is 1.32 bits per heavy atom. The molecule has 0 saturated carbocycles. The number of Topliss-reactive ketones (excluding diaryl/α,β-unsaturated/α-hetero) is 1. The van der Waals surface area contributed by atoms with Crippen molar-refractivity contribution in [2.75, 3.05) is 0 Å². The number of carbonyl (C=O) groups excluding carboxylic acids is 1. The van der Waals surface area contributed by atoms with E-state index in [4.69, 9.17) is 0 Å². The topological polar surface area (TPSA) is 45.2 Å². The number of aromatic nitrogens is 1. The van der Waals surface area contributed by atoms with E-state index in [9.17, 15) is 9.18 Å². The number of aromatic amines is 1. The van der Waals surface area contributed by atoms with Crippen LogP contribution in [-0.4, -0.2) is 17.0 Å². The van der Waals surface area contributed by atoms with Crippen molar-refractivity contribution in [3.8, 4) is 0 Å². The minimum absolute atomic E-state index is 0.0127. The van der Waals surface area contributed by atoms with Crippen LogP contribution in [0.2, 0.25) is 0 Å². The smallest absolute Gasteiger partial charge is 0.161 e. The van der Waals surface area contributed by atoms with E-state index in [1.165, 1.54) is 6.07 Å². The molecule has 0 amide bonds. The molecule has 130 valence electrons. The Hall–Kier alpha value is -2.75. The molecule has 0 aliphatic carbocycles. The summed E-state index contributed by atoms with van der Waals surface area (Å²) in [7, 11) is 0. The average Bonchev–Trinajstić information content (AvgIpc) is 2.99. The minimum atomic E-state index is -0.328. The molecule has 0 saturated heterocycles. The molecular weight excluding hydrogens is 315 g/mol. The van der Waals surface area contributed by atoms with Crippen molar-refractivity contribution in [3.63, 3.8) is 0 Å². The first-order valence-corrected chi connectivity index (χ1v) is 8.35. The molecule has 0 aliphatic heterocycles. The van der Waals surface area contributed by atoms with E-state index in [1.807, 2.05) is 6.92 Å². The van der Waals surface area contributed by atoms with E-state index >= 15 is 0 Å². The highest BCUT2D eigenvalue weighted by Gasteiger charge is 2.14. The van der Waals surface area contributed by atoms with Gasteiger partial charge >= 0.3 is 0 Å². The zero-order chi connectivity index (χ0) is 18.4. The number of ketones is 1. The molecule has 1 N–H and O–H groups in total. The van der Waals surface area contributed by atoms with Crippen LogP contribution in [0.15, 0.2) is 48.0 Å². The number of nitrogens with one attached hydrogen (secondary N) is 1. The fraction of sp³-hybridized carbons (Fsp3) is 0.238. The Bertz CT molecular complexity index is 843. The van der Waals surface area contributed by atoms with Gasteiger partial charge in [0.15, 0.2) is 5.78 Å². The lowest BCUT2D eigenvalue weighted by atomic mass is 10.0. The molecule has 3 nitrogen and oxygen atoms in total. The number of H-pyrrole nitrogens is 1. The number of aliphatic imine (C=N–C) groups is 1. The van der Waals surface area contributed by atoms with E-state index in [0.29, 0.717) is 22.4 Å². The van der Waals surface area contributed by atoms with Gasteiger partial charge < -0.3 is 4.98 Å². The zero-order valence-electron chi connectivity index (χ0n) is 14.9. The molecule has 0 unspecified atom stereocenters. The standard InChI is InChI=1S/C21H23FN2O/c1-5-9-19-17(15(4)25)13-21(24-19)20(23-6-2)12-14(3)16-10-7-8-11-18(16)22/h6-8,10-13,24H,3,5,9H2,1-2,4H3/b20-12-,23-6?. The Balaban J connectivity index is 2.48. The summed E-state index contributed by atoms with van der Waals surface area (Å²) in [4.78, 5) is 19.5. The number of hydrogen-bond donors (Lipinski definition) is 1. The van der Waals surface area contributed by atoms with Gasteiger partial charge in [-0.1, -0.05) is 38.1 Å². The molecule has 0 aliphatic rings. The van der Waals surface area contributed by atoms with Crippen molar-refractivity contribution < 1.29 is 9.18 Å². The normalized spacial score (nSPS) is 11.9. The molecule has 1 aromatic heterocycles. The van der Waals surface area contributed by atoms with Gasteiger partial charge in [-0.05, 0) is 44.1 Å². The Labute approximate surface area is 148 Å². The van der Waals surface area contributed by atoms with Crippen LogP contribution in [0.5, 0.6) is 0 Å². The predicted molar refractivity (Wildman–Crippen MR) is 102 cm³/mol. The lowest BCUT2D eigenvalue weighted by molar-refractivity contribution is 0.101. The number of aryl methyl sites for hydroxylation is 1. The Morgan fingerprint density at radius 3 is 2.64 bits per heavy atom. The highest BCUT2D eigenvalue weighted by molar-refractivity contribution is 5.97. The first-order valence-electron chi connectivity index (χ1n) is 8.35. The molecule has 2 rings (SSSR count). The summed E-state index contributed by atoms with van der Waals surface area (Å²) >= 11 is 0. The summed E-state index contributed by atoms with van der Waals surface area (Å²) in [5, 5.41) is 0. The maximum atomic E-state index is 14.0. The van der Waals surface area contributed by atoms with Crippen molar-refractivity contribution in [2.24, 2.45) is 4.99 Å². The third-order valence-electron chi connectivity index (χ3n) is 3.85. The fourth-order valence-electron chi connectivity index (χ4n) is 2.68. The summed E-state index contributed by atoms with van der Waals surface area (Å²) in [6, 6.07) is 8.30. The van der Waals surface area contributed by atoms with Gasteiger partial charge in [0, 0.05) is 23.0 Å². The van der Waals surface area contributed by atoms with E-state index < -0.39 is 0 Å². The molecule has 0 bridgehead atoms. The van der Waals surface area contributed by atoms with Crippen molar-refractivity contribution >= 4 is 23.3 Å². The van der Waals surface area contributed by atoms with Gasteiger partial charge in [0.2, 0.25) is 0 Å². The largest absolute Gasteiger partial charge is 0.357 e. The second-order valence-electron chi connectivity index (χ2n) is 5.80. The number of rotatable bonds is 7. The second-order valence-corrected chi connectivity index (χ2v) is 5.80. The average molecular weight is 338 g/mol. The number of benzene rings is 1. The molecule has 1 heterocycles. The van der Waals surface area contributed by atoms with Crippen LogP contribution >= 0.6 is 0 Å². The number of nitrogens with zero attached hydrogens (tertiary/aromatic N) is 1. The van der Waals surface area contributed by atoms with Gasteiger partial charge in [-0.15, -0.1) is 0 Å². The Morgan fingerprint density at radius 2 is 2.04 bits per heavy atom. The van der Waals surface area contributed by atoms with Crippen molar-refractivity contribution in [1.82, 2.24) is 4.98 Å². The molecule has 25 heavy (non-hydrogen) atoms. The van der Waals surface area contributed by atoms with E-state index in [0.717, 1.165) is 24.2 Å². The third kappa shape index (κ3) is 4.41. The van der Waals surface area contributed by atoms with E-state index in [-0.39, 0.29) is 11.6 Å². The van der Waals surface area contributed by atoms with Crippen LogP contribution in [0.3, 0.4) is 0 Å². The van der Waals surface area contributed by atoms with Crippen LogP contribution in [0.1, 0.15) is 54.5 Å². The summed E-state index contributed by atoms with van der Waals surface area (Å²) in [5.41, 5.74) is 3.86. The third-order valence-corrected chi connectivity index (χ3v) is 3.85. The molecule has 0 fully saturated rings. The van der Waals surface area contributed by atoms with Crippen LogP contribution in [-0.2, 0) is 6.42 Å². The predicted octanol–water partition coefficient (Wildman–Crippen LogP) is 5.45. The molecule has 1 aromatic carbocycles. The molecular formula is C21H23FN2O. The monoisotopic (exact) mass is 338 g/mol. The van der Waals surface area contributed by atoms with Gasteiger partial charge in [0.1, 0.15) is 5.82 Å². The fourth-order valence-corrected chi connectivity index (χ4v) is 2.68. The van der Waals surface area contributed by atoms with E-state index in [1.54, 1.807) is 43.5 Å². The lowest BCUT2D eigenvalue weighted by Crippen LogP contribution is -1.96. The maximum Gasteiger partial charge on any atom is 0.161 e.